The first-order valence-electron chi connectivity index (χ1n) is 6.43. The highest BCUT2D eigenvalue weighted by Gasteiger charge is 2.12. The lowest BCUT2D eigenvalue weighted by Crippen LogP contribution is -2.37. The summed E-state index contributed by atoms with van der Waals surface area (Å²) in [5.41, 5.74) is 1.05. The Labute approximate surface area is 146 Å². The van der Waals surface area contributed by atoms with Gasteiger partial charge in [-0.25, -0.2) is 4.99 Å². The molecule has 2 rings (SSSR count). The number of nitrogens with zero attached hydrogens (tertiary/aromatic N) is 1. The number of hydrogen-bond acceptors (Lipinski definition) is 3. The predicted octanol–water partition coefficient (Wildman–Crippen LogP) is 2.84. The van der Waals surface area contributed by atoms with Crippen LogP contribution in [0.4, 0.5) is 0 Å². The molecule has 1 aliphatic rings. The Hall–Kier alpha value is -1.15. The summed E-state index contributed by atoms with van der Waals surface area (Å²) in [5, 5.41) is 6.78. The van der Waals surface area contributed by atoms with Gasteiger partial charge in [-0.1, -0.05) is 24.2 Å². The second-order valence-corrected chi connectivity index (χ2v) is 4.79. The molecule has 0 amide bonds. The van der Waals surface area contributed by atoms with Crippen LogP contribution in [0.5, 0.6) is 11.5 Å². The molecule has 7 heteroatoms. The molecule has 0 radical (unpaired) electrons. The third-order valence-corrected chi connectivity index (χ3v) is 2.78. The minimum atomic E-state index is 0. The molecule has 116 valence electrons. The summed E-state index contributed by atoms with van der Waals surface area (Å²) in [7, 11) is 0. The zero-order valence-electron chi connectivity index (χ0n) is 11.8. The van der Waals surface area contributed by atoms with Crippen LogP contribution in [0, 0.1) is 0 Å². The van der Waals surface area contributed by atoms with Crippen molar-refractivity contribution in [2.24, 2.45) is 4.99 Å². The van der Waals surface area contributed by atoms with Gasteiger partial charge in [-0.2, -0.15) is 0 Å². The Kier molecular flexibility index (Phi) is 7.66. The average Bonchev–Trinajstić information content (AvgIpc) is 2.89. The zero-order chi connectivity index (χ0) is 14.4. The maximum absolute atomic E-state index is 5.73. The van der Waals surface area contributed by atoms with Crippen LogP contribution < -0.4 is 20.1 Å². The van der Waals surface area contributed by atoms with E-state index in [-0.39, 0.29) is 30.8 Å². The quantitative estimate of drug-likeness (QED) is 0.434. The van der Waals surface area contributed by atoms with Gasteiger partial charge in [0.1, 0.15) is 0 Å². The molecule has 1 aromatic rings. The Bertz CT molecular complexity index is 523. The molecule has 1 aromatic carbocycles. The number of nitrogens with one attached hydrogen (secondary N) is 2. The number of fused-ring (bicyclic) bond motifs is 1. The second kappa shape index (κ2) is 8.99. The van der Waals surface area contributed by atoms with E-state index in [1.807, 2.05) is 25.1 Å². The van der Waals surface area contributed by atoms with Gasteiger partial charge < -0.3 is 20.1 Å². The summed E-state index contributed by atoms with van der Waals surface area (Å²) in [6, 6.07) is 5.81. The minimum Gasteiger partial charge on any atom is -0.454 e. The minimum absolute atomic E-state index is 0. The van der Waals surface area contributed by atoms with Gasteiger partial charge in [-0.15, -0.1) is 24.0 Å². The van der Waals surface area contributed by atoms with Gasteiger partial charge >= 0.3 is 0 Å². The molecule has 1 heterocycles. The van der Waals surface area contributed by atoms with E-state index in [2.05, 4.69) is 22.2 Å². The molecule has 0 saturated carbocycles. The third kappa shape index (κ3) is 5.62. The van der Waals surface area contributed by atoms with E-state index >= 15 is 0 Å². The highest BCUT2D eigenvalue weighted by Crippen LogP contribution is 2.32. The predicted molar refractivity (Wildman–Crippen MR) is 95.8 cm³/mol. The van der Waals surface area contributed by atoms with E-state index in [9.17, 15) is 0 Å². The van der Waals surface area contributed by atoms with Crippen molar-refractivity contribution in [3.8, 4) is 11.5 Å². The van der Waals surface area contributed by atoms with E-state index in [0.29, 0.717) is 24.1 Å². The van der Waals surface area contributed by atoms with Crippen LogP contribution in [-0.4, -0.2) is 25.8 Å². The largest absolute Gasteiger partial charge is 0.454 e. The smallest absolute Gasteiger partial charge is 0.231 e. The molecule has 0 unspecified atom stereocenters. The highest BCUT2D eigenvalue weighted by molar-refractivity contribution is 14.0. The molecular weight excluding hydrogens is 405 g/mol. The van der Waals surface area contributed by atoms with E-state index in [0.717, 1.165) is 23.6 Å². The van der Waals surface area contributed by atoms with Gasteiger partial charge in [-0.05, 0) is 24.6 Å². The third-order valence-electron chi connectivity index (χ3n) is 2.65. The van der Waals surface area contributed by atoms with Gasteiger partial charge in [0.15, 0.2) is 17.5 Å². The van der Waals surface area contributed by atoms with Crippen LogP contribution in [0.25, 0.3) is 0 Å². The SMILES string of the molecule is C=C(Cl)CNC(=NCc1ccc2c(c1)OCO2)NCC.I. The van der Waals surface area contributed by atoms with Crippen molar-refractivity contribution < 1.29 is 9.47 Å². The van der Waals surface area contributed by atoms with Crippen molar-refractivity contribution in [1.82, 2.24) is 10.6 Å². The summed E-state index contributed by atoms with van der Waals surface area (Å²) in [5.74, 6) is 2.25. The fourth-order valence-corrected chi connectivity index (χ4v) is 1.80. The van der Waals surface area contributed by atoms with Gasteiger partial charge in [0.2, 0.25) is 6.79 Å². The molecule has 0 fully saturated rings. The lowest BCUT2D eigenvalue weighted by molar-refractivity contribution is 0.174. The Morgan fingerprint density at radius 2 is 2.10 bits per heavy atom. The Morgan fingerprint density at radius 3 is 2.81 bits per heavy atom. The van der Waals surface area contributed by atoms with Crippen LogP contribution >= 0.6 is 35.6 Å². The summed E-state index contributed by atoms with van der Waals surface area (Å²) in [6.07, 6.45) is 0. The Morgan fingerprint density at radius 1 is 1.33 bits per heavy atom. The topological polar surface area (TPSA) is 54.9 Å². The lowest BCUT2D eigenvalue weighted by Gasteiger charge is -2.10. The fraction of sp³-hybridized carbons (Fsp3) is 0.357. The van der Waals surface area contributed by atoms with Gasteiger partial charge in [-0.3, -0.25) is 0 Å². The molecule has 1 aliphatic heterocycles. The van der Waals surface area contributed by atoms with E-state index in [1.165, 1.54) is 0 Å². The monoisotopic (exact) mass is 423 g/mol. The number of benzene rings is 1. The molecule has 0 aliphatic carbocycles. The average molecular weight is 424 g/mol. The van der Waals surface area contributed by atoms with Crippen LogP contribution in [0.15, 0.2) is 34.8 Å². The second-order valence-electron chi connectivity index (χ2n) is 4.25. The van der Waals surface area contributed by atoms with E-state index in [1.54, 1.807) is 0 Å². The van der Waals surface area contributed by atoms with Crippen molar-refractivity contribution in [3.05, 3.63) is 35.4 Å². The van der Waals surface area contributed by atoms with Crippen LogP contribution in [0.2, 0.25) is 0 Å². The van der Waals surface area contributed by atoms with Crippen molar-refractivity contribution in [2.45, 2.75) is 13.5 Å². The Balaban J connectivity index is 0.00000220. The van der Waals surface area contributed by atoms with Gasteiger partial charge in [0.05, 0.1) is 13.1 Å². The van der Waals surface area contributed by atoms with Crippen molar-refractivity contribution in [1.29, 1.82) is 0 Å². The molecule has 21 heavy (non-hydrogen) atoms. The molecule has 0 atom stereocenters. The van der Waals surface area contributed by atoms with Crippen molar-refractivity contribution in [2.75, 3.05) is 19.9 Å². The molecule has 0 spiro atoms. The molecule has 2 N–H and O–H groups in total. The maximum atomic E-state index is 5.73. The number of ether oxygens (including phenoxy) is 2. The highest BCUT2D eigenvalue weighted by atomic mass is 127. The number of halogens is 2. The van der Waals surface area contributed by atoms with Crippen molar-refractivity contribution >= 4 is 41.5 Å². The normalized spacial score (nSPS) is 12.6. The molecule has 0 bridgehead atoms. The molecular formula is C14H19ClIN3O2. The van der Waals surface area contributed by atoms with E-state index < -0.39 is 0 Å². The number of guanidine groups is 1. The summed E-state index contributed by atoms with van der Waals surface area (Å²) in [4.78, 5) is 4.48. The van der Waals surface area contributed by atoms with Crippen LogP contribution in [0.1, 0.15) is 12.5 Å². The summed E-state index contributed by atoms with van der Waals surface area (Å²) in [6.45, 7) is 7.73. The number of aliphatic imine (C=N–C) groups is 1. The van der Waals surface area contributed by atoms with E-state index in [4.69, 9.17) is 21.1 Å². The van der Waals surface area contributed by atoms with Gasteiger partial charge in [0, 0.05) is 11.6 Å². The molecule has 0 saturated heterocycles. The fourth-order valence-electron chi connectivity index (χ4n) is 1.73. The molecule has 0 aromatic heterocycles. The number of hydrogen-bond donors (Lipinski definition) is 2. The first-order valence-corrected chi connectivity index (χ1v) is 6.81. The summed E-state index contributed by atoms with van der Waals surface area (Å²) >= 11 is 5.73. The summed E-state index contributed by atoms with van der Waals surface area (Å²) < 4.78 is 10.6. The lowest BCUT2D eigenvalue weighted by atomic mass is 10.2. The van der Waals surface area contributed by atoms with Crippen molar-refractivity contribution in [3.63, 3.8) is 0 Å². The zero-order valence-corrected chi connectivity index (χ0v) is 14.9. The van der Waals surface area contributed by atoms with Crippen LogP contribution in [0.3, 0.4) is 0 Å². The number of rotatable bonds is 5. The van der Waals surface area contributed by atoms with Crippen LogP contribution in [-0.2, 0) is 6.54 Å². The standard InChI is InChI=1S/C14H18ClN3O2.HI/c1-3-16-14(17-7-10(2)15)18-8-11-4-5-12-13(6-11)20-9-19-12;/h4-6H,2-3,7-9H2,1H3,(H2,16,17,18);1H. The van der Waals surface area contributed by atoms with Gasteiger partial charge in [0.25, 0.3) is 0 Å². The molecule has 5 nitrogen and oxygen atoms in total. The first kappa shape index (κ1) is 17.9. The first-order chi connectivity index (χ1) is 9.69. The maximum Gasteiger partial charge on any atom is 0.231 e.